The summed E-state index contributed by atoms with van der Waals surface area (Å²) in [5.74, 6) is 0.125. The molecule has 5 nitrogen and oxygen atoms in total. The van der Waals surface area contributed by atoms with Crippen molar-refractivity contribution in [1.82, 2.24) is 15.1 Å². The van der Waals surface area contributed by atoms with Gasteiger partial charge in [-0.15, -0.1) is 0 Å². The van der Waals surface area contributed by atoms with Gasteiger partial charge in [0.25, 0.3) is 0 Å². The maximum atomic E-state index is 12.9. The van der Waals surface area contributed by atoms with E-state index in [1.807, 2.05) is 37.3 Å². The average Bonchev–Trinajstić information content (AvgIpc) is 3.35. The molecule has 0 unspecified atom stereocenters. The molecule has 1 saturated heterocycles. The van der Waals surface area contributed by atoms with Crippen molar-refractivity contribution in [3.63, 3.8) is 0 Å². The molecular weight excluding hydrogens is 302 g/mol. The minimum absolute atomic E-state index is 0.125. The molecule has 132 valence electrons. The summed E-state index contributed by atoms with van der Waals surface area (Å²) < 4.78 is 0. The number of hydrogen-bond donors (Lipinski definition) is 2. The highest BCUT2D eigenvalue weighted by atomic mass is 16.3. The van der Waals surface area contributed by atoms with Crippen molar-refractivity contribution in [3.8, 4) is 0 Å². The van der Waals surface area contributed by atoms with E-state index >= 15 is 0 Å². The van der Waals surface area contributed by atoms with E-state index in [2.05, 4.69) is 22.0 Å². The smallest absolute Gasteiger partial charge is 0.242 e. The molecule has 1 aliphatic heterocycles. The molecule has 0 aromatic heterocycles. The SMILES string of the molecule is C[C@H](O)CN1CCN([C@H](C(=O)NC2CC2)c2ccccc2)C[C@H]1C. The van der Waals surface area contributed by atoms with Gasteiger partial charge in [0.05, 0.1) is 6.10 Å². The number of amides is 1. The molecule has 0 radical (unpaired) electrons. The first-order chi connectivity index (χ1) is 11.5. The van der Waals surface area contributed by atoms with Gasteiger partial charge in [-0.2, -0.15) is 0 Å². The number of carbonyl (C=O) groups excluding carboxylic acids is 1. The van der Waals surface area contributed by atoms with Crippen molar-refractivity contribution in [1.29, 1.82) is 0 Å². The summed E-state index contributed by atoms with van der Waals surface area (Å²) in [6.45, 7) is 7.26. The van der Waals surface area contributed by atoms with Gasteiger partial charge in [-0.05, 0) is 32.3 Å². The van der Waals surface area contributed by atoms with E-state index in [4.69, 9.17) is 0 Å². The Morgan fingerprint density at radius 3 is 2.58 bits per heavy atom. The van der Waals surface area contributed by atoms with E-state index in [1.165, 1.54) is 0 Å². The van der Waals surface area contributed by atoms with Crippen LogP contribution in [0.1, 0.15) is 38.3 Å². The highest BCUT2D eigenvalue weighted by molar-refractivity contribution is 5.83. The lowest BCUT2D eigenvalue weighted by molar-refractivity contribution is -0.128. The van der Waals surface area contributed by atoms with E-state index in [-0.39, 0.29) is 18.1 Å². The zero-order valence-electron chi connectivity index (χ0n) is 14.7. The zero-order chi connectivity index (χ0) is 17.1. The molecule has 1 amide bonds. The normalized spacial score (nSPS) is 25.2. The fourth-order valence-electron chi connectivity index (χ4n) is 3.54. The van der Waals surface area contributed by atoms with Crippen LogP contribution in [0, 0.1) is 0 Å². The van der Waals surface area contributed by atoms with Gasteiger partial charge in [0.2, 0.25) is 5.91 Å². The number of rotatable bonds is 6. The summed E-state index contributed by atoms with van der Waals surface area (Å²) in [4.78, 5) is 17.4. The minimum Gasteiger partial charge on any atom is -0.392 e. The van der Waals surface area contributed by atoms with E-state index in [1.54, 1.807) is 0 Å². The topological polar surface area (TPSA) is 55.8 Å². The van der Waals surface area contributed by atoms with Gasteiger partial charge in [0.15, 0.2) is 0 Å². The van der Waals surface area contributed by atoms with Gasteiger partial charge in [-0.25, -0.2) is 0 Å². The van der Waals surface area contributed by atoms with Crippen molar-refractivity contribution in [3.05, 3.63) is 35.9 Å². The molecule has 5 heteroatoms. The predicted molar refractivity (Wildman–Crippen MR) is 94.6 cm³/mol. The summed E-state index contributed by atoms with van der Waals surface area (Å²) >= 11 is 0. The summed E-state index contributed by atoms with van der Waals surface area (Å²) in [6.07, 6.45) is 1.89. The van der Waals surface area contributed by atoms with Gasteiger partial charge in [-0.1, -0.05) is 30.3 Å². The van der Waals surface area contributed by atoms with Crippen molar-refractivity contribution < 1.29 is 9.90 Å². The number of nitrogens with zero attached hydrogens (tertiary/aromatic N) is 2. The Morgan fingerprint density at radius 1 is 1.29 bits per heavy atom. The van der Waals surface area contributed by atoms with E-state index in [9.17, 15) is 9.90 Å². The Morgan fingerprint density at radius 2 is 2.00 bits per heavy atom. The van der Waals surface area contributed by atoms with Crippen LogP contribution in [0.5, 0.6) is 0 Å². The Balaban J connectivity index is 1.72. The zero-order valence-corrected chi connectivity index (χ0v) is 14.7. The maximum absolute atomic E-state index is 12.9. The van der Waals surface area contributed by atoms with Crippen molar-refractivity contribution in [2.75, 3.05) is 26.2 Å². The molecule has 1 heterocycles. The van der Waals surface area contributed by atoms with Gasteiger partial charge >= 0.3 is 0 Å². The molecule has 0 spiro atoms. The molecule has 1 aromatic carbocycles. The Labute approximate surface area is 144 Å². The minimum atomic E-state index is -0.318. The van der Waals surface area contributed by atoms with E-state index < -0.39 is 0 Å². The number of carbonyl (C=O) groups is 1. The van der Waals surface area contributed by atoms with Gasteiger partial charge in [0.1, 0.15) is 6.04 Å². The largest absolute Gasteiger partial charge is 0.392 e. The summed E-state index contributed by atoms with van der Waals surface area (Å²) in [6, 6.07) is 10.6. The van der Waals surface area contributed by atoms with Crippen LogP contribution in [-0.2, 0) is 4.79 Å². The Kier molecular flexibility index (Phi) is 5.54. The fourth-order valence-corrected chi connectivity index (χ4v) is 3.54. The Bertz CT molecular complexity index is 545. The van der Waals surface area contributed by atoms with Crippen LogP contribution in [0.3, 0.4) is 0 Å². The maximum Gasteiger partial charge on any atom is 0.242 e. The lowest BCUT2D eigenvalue weighted by atomic mass is 10.0. The van der Waals surface area contributed by atoms with Crippen LogP contribution in [0.25, 0.3) is 0 Å². The number of aliphatic hydroxyl groups excluding tert-OH is 1. The Hall–Kier alpha value is -1.43. The molecule has 24 heavy (non-hydrogen) atoms. The molecular formula is C19H29N3O2. The molecule has 1 saturated carbocycles. The second-order valence-electron chi connectivity index (χ2n) is 7.28. The van der Waals surface area contributed by atoms with Crippen LogP contribution in [-0.4, -0.2) is 65.2 Å². The van der Waals surface area contributed by atoms with Crippen molar-refractivity contribution >= 4 is 5.91 Å². The highest BCUT2D eigenvalue weighted by Gasteiger charge is 2.35. The number of piperazine rings is 1. The molecule has 0 bridgehead atoms. The average molecular weight is 331 g/mol. The van der Waals surface area contributed by atoms with E-state index in [0.717, 1.165) is 38.0 Å². The summed E-state index contributed by atoms with van der Waals surface area (Å²) in [5.41, 5.74) is 1.06. The summed E-state index contributed by atoms with van der Waals surface area (Å²) in [7, 11) is 0. The third kappa shape index (κ3) is 4.35. The first-order valence-corrected chi connectivity index (χ1v) is 9.06. The number of benzene rings is 1. The lowest BCUT2D eigenvalue weighted by Gasteiger charge is -2.43. The van der Waals surface area contributed by atoms with Gasteiger partial charge < -0.3 is 10.4 Å². The highest BCUT2D eigenvalue weighted by Crippen LogP contribution is 2.27. The number of nitrogens with one attached hydrogen (secondary N) is 1. The standard InChI is InChI=1S/C19H29N3O2/c1-14-12-22(11-10-21(14)13-15(2)23)18(16-6-4-3-5-7-16)19(24)20-17-8-9-17/h3-7,14-15,17-18,23H,8-13H2,1-2H3,(H,20,24)/t14-,15+,18+/m1/s1. The number of aliphatic hydroxyl groups is 1. The molecule has 2 fully saturated rings. The monoisotopic (exact) mass is 331 g/mol. The van der Waals surface area contributed by atoms with Crippen molar-refractivity contribution in [2.45, 2.75) is 50.9 Å². The first kappa shape index (κ1) is 17.4. The second kappa shape index (κ2) is 7.64. The van der Waals surface area contributed by atoms with Gasteiger partial charge in [-0.3, -0.25) is 14.6 Å². The molecule has 2 N–H and O–H groups in total. The third-order valence-electron chi connectivity index (χ3n) is 4.95. The van der Waals surface area contributed by atoms with Crippen LogP contribution in [0.2, 0.25) is 0 Å². The molecule has 1 aromatic rings. The second-order valence-corrected chi connectivity index (χ2v) is 7.28. The molecule has 3 rings (SSSR count). The van der Waals surface area contributed by atoms with Crippen LogP contribution in [0.15, 0.2) is 30.3 Å². The first-order valence-electron chi connectivity index (χ1n) is 9.06. The number of hydrogen-bond acceptors (Lipinski definition) is 4. The molecule has 2 aliphatic rings. The van der Waals surface area contributed by atoms with Crippen molar-refractivity contribution in [2.24, 2.45) is 0 Å². The van der Waals surface area contributed by atoms with Crippen LogP contribution >= 0.6 is 0 Å². The van der Waals surface area contributed by atoms with Gasteiger partial charge in [0, 0.05) is 38.3 Å². The number of β-amino-alcohol motifs (C(OH)–C–C–N with tert-alkyl or cyclic N) is 1. The summed E-state index contributed by atoms with van der Waals surface area (Å²) in [5, 5.41) is 12.8. The molecule has 3 atom stereocenters. The predicted octanol–water partition coefficient (Wildman–Crippen LogP) is 1.39. The van der Waals surface area contributed by atoms with E-state index in [0.29, 0.717) is 18.6 Å². The van der Waals surface area contributed by atoms with Crippen LogP contribution < -0.4 is 5.32 Å². The lowest BCUT2D eigenvalue weighted by Crippen LogP contribution is -2.56. The van der Waals surface area contributed by atoms with Crippen LogP contribution in [0.4, 0.5) is 0 Å². The fraction of sp³-hybridized carbons (Fsp3) is 0.632. The molecule has 1 aliphatic carbocycles. The quantitative estimate of drug-likeness (QED) is 0.827. The third-order valence-corrected chi connectivity index (χ3v) is 4.95.